The van der Waals surface area contributed by atoms with E-state index in [1.54, 1.807) is 0 Å². The van der Waals surface area contributed by atoms with Gasteiger partial charge in [0.2, 0.25) is 0 Å². The van der Waals surface area contributed by atoms with Gasteiger partial charge in [-0.05, 0) is 38.4 Å². The van der Waals surface area contributed by atoms with Gasteiger partial charge in [-0.2, -0.15) is 11.6 Å². The minimum absolute atomic E-state index is 0. The Labute approximate surface area is 189 Å². The number of nitrogens with zero attached hydrogens (tertiary/aromatic N) is 1. The van der Waals surface area contributed by atoms with Crippen molar-refractivity contribution in [3.8, 4) is 0 Å². The molecular weight excluding hydrogens is 531 g/mol. The van der Waals surface area contributed by atoms with Gasteiger partial charge in [-0.3, -0.25) is 6.08 Å². The number of anilines is 1. The molecule has 0 fully saturated rings. The van der Waals surface area contributed by atoms with Crippen molar-refractivity contribution in [3.05, 3.63) is 87.7 Å². The smallest absolute Gasteiger partial charge is 1.00 e. The average molecular weight is 547 g/mol. The standard InChI is InChI=1S/C14H11IN.C5H5.2ClH.Zr/c1-10-7-11-9-14(15)16(13(11)8-10)12-5-3-2-4-6-12;1-2-4-5-3-1;;;/h2-8,13H,1H3;1-3H,4H2;2*1H;/q2*-1;;;+4/p-2. The van der Waals surface area contributed by atoms with Gasteiger partial charge in [-0.25, -0.2) is 24.3 Å². The van der Waals surface area contributed by atoms with Crippen LogP contribution in [0.2, 0.25) is 0 Å². The second kappa shape index (κ2) is 11.5. The first kappa shape index (κ1) is 23.9. The van der Waals surface area contributed by atoms with E-state index in [-0.39, 0.29) is 51.0 Å². The second-order valence-electron chi connectivity index (χ2n) is 5.08. The van der Waals surface area contributed by atoms with Gasteiger partial charge < -0.3 is 29.7 Å². The van der Waals surface area contributed by atoms with Crippen LogP contribution in [-0.2, 0) is 26.2 Å². The van der Waals surface area contributed by atoms with E-state index < -0.39 is 0 Å². The van der Waals surface area contributed by atoms with Crippen LogP contribution in [0, 0.1) is 12.2 Å². The maximum absolute atomic E-state index is 3.43. The van der Waals surface area contributed by atoms with Gasteiger partial charge >= 0.3 is 26.2 Å². The Morgan fingerprint density at radius 2 is 1.88 bits per heavy atom. The number of hydrogen-bond donors (Lipinski definition) is 0. The number of rotatable bonds is 1. The molecule has 0 spiro atoms. The molecule has 0 saturated carbocycles. The summed E-state index contributed by atoms with van der Waals surface area (Å²) in [7, 11) is 0. The third-order valence-electron chi connectivity index (χ3n) is 3.48. The van der Waals surface area contributed by atoms with E-state index in [1.807, 2.05) is 18.2 Å². The molecule has 2 aliphatic carbocycles. The van der Waals surface area contributed by atoms with Crippen LogP contribution >= 0.6 is 22.6 Å². The number of para-hydroxylation sites is 1. The van der Waals surface area contributed by atoms with Crippen LogP contribution in [0.1, 0.15) is 13.3 Å². The zero-order valence-corrected chi connectivity index (χ0v) is 19.3. The largest absolute Gasteiger partial charge is 4.00 e. The van der Waals surface area contributed by atoms with Gasteiger partial charge in [0.1, 0.15) is 0 Å². The molecule has 1 atom stereocenters. The topological polar surface area (TPSA) is 3.24 Å². The van der Waals surface area contributed by atoms with Crippen molar-refractivity contribution >= 4 is 28.3 Å². The molecule has 3 aliphatic rings. The van der Waals surface area contributed by atoms with Gasteiger partial charge in [-0.1, -0.05) is 31.2 Å². The summed E-state index contributed by atoms with van der Waals surface area (Å²) in [5, 5.41) is 0. The molecule has 1 nitrogen and oxygen atoms in total. The third-order valence-corrected chi connectivity index (χ3v) is 4.27. The summed E-state index contributed by atoms with van der Waals surface area (Å²) in [6, 6.07) is 10.8. The monoisotopic (exact) mass is 545 g/mol. The SMILES string of the molecule is CC1=CC2C(=C1)[C-]=C(I)N2c1ccccc1.[C-]1=CC=CC1.[Cl-].[Cl-].[Zr+4]. The Morgan fingerprint density at radius 3 is 2.42 bits per heavy atom. The Balaban J connectivity index is 0.000000578. The molecule has 0 bridgehead atoms. The molecule has 0 saturated heterocycles. The normalized spacial score (nSPS) is 18.8. The van der Waals surface area contributed by atoms with Crippen molar-refractivity contribution in [2.75, 3.05) is 4.90 Å². The molecule has 1 aromatic carbocycles. The molecule has 5 heteroatoms. The van der Waals surface area contributed by atoms with Crippen LogP contribution in [0.3, 0.4) is 0 Å². The van der Waals surface area contributed by atoms with E-state index in [2.05, 4.69) is 89.1 Å². The molecule has 122 valence electrons. The van der Waals surface area contributed by atoms with E-state index in [9.17, 15) is 0 Å². The maximum Gasteiger partial charge on any atom is 4.00 e. The Hall–Kier alpha value is -0.0869. The summed E-state index contributed by atoms with van der Waals surface area (Å²) < 4.78 is 1.17. The Kier molecular flexibility index (Phi) is 11.5. The first-order valence-corrected chi connectivity index (χ1v) is 8.09. The van der Waals surface area contributed by atoms with Crippen molar-refractivity contribution in [1.29, 1.82) is 0 Å². The molecule has 1 unspecified atom stereocenters. The summed E-state index contributed by atoms with van der Waals surface area (Å²) in [5.74, 6) is 0. The van der Waals surface area contributed by atoms with E-state index in [1.165, 1.54) is 20.5 Å². The quantitative estimate of drug-likeness (QED) is 0.252. The first-order valence-electron chi connectivity index (χ1n) is 7.01. The minimum atomic E-state index is 0. The molecule has 0 aromatic heterocycles. The van der Waals surface area contributed by atoms with Crippen molar-refractivity contribution in [3.63, 3.8) is 0 Å². The van der Waals surface area contributed by atoms with Crippen molar-refractivity contribution in [2.24, 2.45) is 0 Å². The molecule has 1 aliphatic heterocycles. The maximum atomic E-state index is 3.43. The van der Waals surface area contributed by atoms with E-state index >= 15 is 0 Å². The fourth-order valence-corrected chi connectivity index (χ4v) is 3.44. The molecule has 0 amide bonds. The third kappa shape index (κ3) is 5.73. The number of halogens is 3. The summed E-state index contributed by atoms with van der Waals surface area (Å²) in [4.78, 5) is 2.32. The van der Waals surface area contributed by atoms with E-state index in [4.69, 9.17) is 0 Å². The Bertz CT molecular complexity index is 668. The fraction of sp³-hybridized carbons (Fsp3) is 0.158. The predicted octanol–water partition coefficient (Wildman–Crippen LogP) is -0.848. The van der Waals surface area contributed by atoms with Crippen LogP contribution in [0.15, 0.2) is 75.6 Å². The summed E-state index contributed by atoms with van der Waals surface area (Å²) in [5.41, 5.74) is 3.85. The first-order chi connectivity index (χ1) is 10.3. The fourth-order valence-electron chi connectivity index (χ4n) is 2.55. The number of benzene rings is 1. The molecule has 1 aromatic rings. The van der Waals surface area contributed by atoms with Crippen LogP contribution in [-0.4, -0.2) is 6.04 Å². The minimum Gasteiger partial charge on any atom is -1.00 e. The van der Waals surface area contributed by atoms with Gasteiger partial charge in [0.25, 0.3) is 0 Å². The van der Waals surface area contributed by atoms with E-state index in [0.717, 1.165) is 6.42 Å². The summed E-state index contributed by atoms with van der Waals surface area (Å²) >= 11 is 2.35. The number of allylic oxidation sites excluding steroid dienone is 6. The van der Waals surface area contributed by atoms with Gasteiger partial charge in [0.15, 0.2) is 0 Å². The number of hydrogen-bond acceptors (Lipinski definition) is 1. The van der Waals surface area contributed by atoms with Gasteiger partial charge in [-0.15, -0.1) is 12.0 Å². The van der Waals surface area contributed by atoms with Crippen molar-refractivity contribution in [1.82, 2.24) is 0 Å². The zero-order chi connectivity index (χ0) is 14.7. The van der Waals surface area contributed by atoms with Crippen LogP contribution in [0.25, 0.3) is 0 Å². The molecular formula is C19H16Cl2INZr. The average Bonchev–Trinajstić information content (AvgIpc) is 3.18. The van der Waals surface area contributed by atoms with Gasteiger partial charge in [0, 0.05) is 11.7 Å². The molecule has 0 N–H and O–H groups in total. The number of fused-ring (bicyclic) bond motifs is 1. The molecule has 1 heterocycles. The summed E-state index contributed by atoms with van der Waals surface area (Å²) in [6.07, 6.45) is 17.9. The second-order valence-corrected chi connectivity index (χ2v) is 6.10. The molecule has 24 heavy (non-hydrogen) atoms. The molecule has 0 radical (unpaired) electrons. The van der Waals surface area contributed by atoms with Crippen LogP contribution < -0.4 is 29.7 Å². The van der Waals surface area contributed by atoms with Crippen molar-refractivity contribution < 1.29 is 51.0 Å². The van der Waals surface area contributed by atoms with Crippen LogP contribution in [0.5, 0.6) is 0 Å². The Morgan fingerprint density at radius 1 is 1.17 bits per heavy atom. The van der Waals surface area contributed by atoms with Crippen molar-refractivity contribution in [2.45, 2.75) is 19.4 Å². The molecule has 4 rings (SSSR count). The van der Waals surface area contributed by atoms with Crippen LogP contribution in [0.4, 0.5) is 5.69 Å². The van der Waals surface area contributed by atoms with E-state index in [0.29, 0.717) is 6.04 Å². The summed E-state index contributed by atoms with van der Waals surface area (Å²) in [6.45, 7) is 2.14. The van der Waals surface area contributed by atoms with Gasteiger partial charge in [0.05, 0.1) is 0 Å². The predicted molar refractivity (Wildman–Crippen MR) is 96.9 cm³/mol. The zero-order valence-electron chi connectivity index (χ0n) is 13.1.